The minimum absolute atomic E-state index is 0.580. The van der Waals surface area contributed by atoms with Crippen LogP contribution in [0.25, 0.3) is 0 Å². The third kappa shape index (κ3) is 0.693. The van der Waals surface area contributed by atoms with Gasteiger partial charge in [0, 0.05) is 5.56 Å². The van der Waals surface area contributed by atoms with Crippen molar-refractivity contribution in [2.75, 3.05) is 0 Å². The van der Waals surface area contributed by atoms with Gasteiger partial charge in [-0.3, -0.25) is 0 Å². The molecule has 0 aliphatic carbocycles. The van der Waals surface area contributed by atoms with Crippen LogP contribution in [0, 0.1) is 6.92 Å². The Morgan fingerprint density at radius 2 is 2.30 bits per heavy atom. The number of rotatable bonds is 0. The fourth-order valence-corrected chi connectivity index (χ4v) is 1.10. The standard InChI is InChI=1S/C8H8O2/c1-6-3-2-4-7-5-9-10-8(6)7/h2-4H,5H2,1H3. The van der Waals surface area contributed by atoms with Gasteiger partial charge in [-0.1, -0.05) is 18.2 Å². The van der Waals surface area contributed by atoms with E-state index in [2.05, 4.69) is 0 Å². The molecule has 2 heteroatoms. The van der Waals surface area contributed by atoms with E-state index in [9.17, 15) is 0 Å². The monoisotopic (exact) mass is 136 g/mol. The van der Waals surface area contributed by atoms with E-state index in [0.717, 1.165) is 16.9 Å². The second-order valence-corrected chi connectivity index (χ2v) is 2.41. The largest absolute Gasteiger partial charge is 0.337 e. The van der Waals surface area contributed by atoms with E-state index in [1.165, 1.54) is 0 Å². The van der Waals surface area contributed by atoms with Crippen LogP contribution in [0.5, 0.6) is 5.75 Å². The molecule has 0 radical (unpaired) electrons. The lowest BCUT2D eigenvalue weighted by Crippen LogP contribution is -1.83. The highest BCUT2D eigenvalue weighted by molar-refractivity contribution is 5.40. The third-order valence-electron chi connectivity index (χ3n) is 1.65. The predicted molar refractivity (Wildman–Crippen MR) is 36.6 cm³/mol. The van der Waals surface area contributed by atoms with Gasteiger partial charge in [0.05, 0.1) is 0 Å². The number of hydrogen-bond donors (Lipinski definition) is 0. The Balaban J connectivity index is 2.59. The summed E-state index contributed by atoms with van der Waals surface area (Å²) in [5.74, 6) is 0.891. The van der Waals surface area contributed by atoms with Crippen molar-refractivity contribution in [3.8, 4) is 5.75 Å². The molecule has 0 bridgehead atoms. The molecule has 1 aliphatic rings. The molecular weight excluding hydrogens is 128 g/mol. The first-order chi connectivity index (χ1) is 4.88. The maximum absolute atomic E-state index is 4.93. The molecule has 2 rings (SSSR count). The molecule has 1 aliphatic heterocycles. The van der Waals surface area contributed by atoms with E-state index in [-0.39, 0.29) is 0 Å². The Kier molecular flexibility index (Phi) is 1.14. The highest BCUT2D eigenvalue weighted by atomic mass is 17.2. The average molecular weight is 136 g/mol. The normalized spacial score (nSPS) is 14.5. The Morgan fingerprint density at radius 1 is 1.40 bits per heavy atom. The summed E-state index contributed by atoms with van der Waals surface area (Å²) in [6.45, 7) is 2.59. The molecular formula is C8H8O2. The van der Waals surface area contributed by atoms with Gasteiger partial charge in [-0.15, -0.1) is 0 Å². The van der Waals surface area contributed by atoms with Gasteiger partial charge in [0.2, 0.25) is 0 Å². The lowest BCUT2D eigenvalue weighted by atomic mass is 10.1. The first kappa shape index (κ1) is 5.74. The topological polar surface area (TPSA) is 18.5 Å². The number of benzene rings is 1. The van der Waals surface area contributed by atoms with Crippen LogP contribution in [0.3, 0.4) is 0 Å². The smallest absolute Gasteiger partial charge is 0.173 e. The molecule has 0 unspecified atom stereocenters. The van der Waals surface area contributed by atoms with Crippen molar-refractivity contribution in [3.63, 3.8) is 0 Å². The number of aryl methyl sites for hydroxylation is 1. The van der Waals surface area contributed by atoms with Crippen molar-refractivity contribution in [1.29, 1.82) is 0 Å². The van der Waals surface area contributed by atoms with E-state index in [0.29, 0.717) is 6.61 Å². The van der Waals surface area contributed by atoms with Crippen molar-refractivity contribution in [2.24, 2.45) is 0 Å². The number of para-hydroxylation sites is 1. The highest BCUT2D eigenvalue weighted by Crippen LogP contribution is 2.28. The van der Waals surface area contributed by atoms with Gasteiger partial charge in [0.1, 0.15) is 6.61 Å². The summed E-state index contributed by atoms with van der Waals surface area (Å²) < 4.78 is 0. The van der Waals surface area contributed by atoms with Crippen LogP contribution in [0.2, 0.25) is 0 Å². The van der Waals surface area contributed by atoms with E-state index in [1.54, 1.807) is 0 Å². The minimum atomic E-state index is 0.580. The van der Waals surface area contributed by atoms with Crippen LogP contribution in [-0.2, 0) is 11.5 Å². The van der Waals surface area contributed by atoms with Gasteiger partial charge in [0.15, 0.2) is 5.75 Å². The first-order valence-electron chi connectivity index (χ1n) is 3.26. The second kappa shape index (κ2) is 1.99. The lowest BCUT2D eigenvalue weighted by Gasteiger charge is -1.96. The molecule has 0 saturated heterocycles. The van der Waals surface area contributed by atoms with Gasteiger partial charge < -0.3 is 4.89 Å². The average Bonchev–Trinajstić information content (AvgIpc) is 2.36. The van der Waals surface area contributed by atoms with Crippen LogP contribution in [0.15, 0.2) is 18.2 Å². The molecule has 2 nitrogen and oxygen atoms in total. The molecule has 0 fully saturated rings. The first-order valence-corrected chi connectivity index (χ1v) is 3.26. The zero-order valence-electron chi connectivity index (χ0n) is 5.76. The van der Waals surface area contributed by atoms with Gasteiger partial charge in [-0.05, 0) is 12.5 Å². The molecule has 0 amide bonds. The quantitative estimate of drug-likeness (QED) is 0.506. The fourth-order valence-electron chi connectivity index (χ4n) is 1.10. The molecule has 1 heterocycles. The van der Waals surface area contributed by atoms with E-state index < -0.39 is 0 Å². The molecule has 0 saturated carbocycles. The van der Waals surface area contributed by atoms with Crippen LogP contribution in [-0.4, -0.2) is 0 Å². The van der Waals surface area contributed by atoms with E-state index in [1.807, 2.05) is 25.1 Å². The number of fused-ring (bicyclic) bond motifs is 1. The van der Waals surface area contributed by atoms with Crippen LogP contribution in [0.4, 0.5) is 0 Å². The Labute approximate surface area is 59.3 Å². The second-order valence-electron chi connectivity index (χ2n) is 2.41. The predicted octanol–water partition coefficient (Wildman–Crippen LogP) is 1.82. The summed E-state index contributed by atoms with van der Waals surface area (Å²) in [5, 5.41) is 0. The Hall–Kier alpha value is -1.02. The molecule has 0 N–H and O–H groups in total. The maximum Gasteiger partial charge on any atom is 0.173 e. The maximum atomic E-state index is 4.93. The molecule has 0 aromatic heterocycles. The van der Waals surface area contributed by atoms with Crippen LogP contribution < -0.4 is 4.89 Å². The molecule has 0 atom stereocenters. The lowest BCUT2D eigenvalue weighted by molar-refractivity contribution is -0.194. The van der Waals surface area contributed by atoms with Crippen LogP contribution in [0.1, 0.15) is 11.1 Å². The molecule has 0 spiro atoms. The van der Waals surface area contributed by atoms with Gasteiger partial charge in [0.25, 0.3) is 0 Å². The molecule has 1 aromatic rings. The summed E-state index contributed by atoms with van der Waals surface area (Å²) in [7, 11) is 0. The van der Waals surface area contributed by atoms with Crippen molar-refractivity contribution in [3.05, 3.63) is 29.3 Å². The van der Waals surface area contributed by atoms with Gasteiger partial charge >= 0.3 is 0 Å². The molecule has 10 heavy (non-hydrogen) atoms. The van der Waals surface area contributed by atoms with E-state index >= 15 is 0 Å². The van der Waals surface area contributed by atoms with Crippen molar-refractivity contribution >= 4 is 0 Å². The molecule has 52 valence electrons. The Bertz CT molecular complexity index is 255. The van der Waals surface area contributed by atoms with Gasteiger partial charge in [-0.2, -0.15) is 4.89 Å². The highest BCUT2D eigenvalue weighted by Gasteiger charge is 2.14. The van der Waals surface area contributed by atoms with Crippen molar-refractivity contribution in [1.82, 2.24) is 0 Å². The summed E-state index contributed by atoms with van der Waals surface area (Å²) in [6, 6.07) is 6.02. The third-order valence-corrected chi connectivity index (χ3v) is 1.65. The van der Waals surface area contributed by atoms with Crippen LogP contribution >= 0.6 is 0 Å². The SMILES string of the molecule is Cc1cccc2c1OOC2. The molecule has 1 aromatic carbocycles. The summed E-state index contributed by atoms with van der Waals surface area (Å²) in [6.07, 6.45) is 0. The summed E-state index contributed by atoms with van der Waals surface area (Å²) >= 11 is 0. The van der Waals surface area contributed by atoms with Crippen molar-refractivity contribution < 1.29 is 9.78 Å². The summed E-state index contributed by atoms with van der Waals surface area (Å²) in [5.41, 5.74) is 2.27. The van der Waals surface area contributed by atoms with Gasteiger partial charge in [-0.25, -0.2) is 0 Å². The minimum Gasteiger partial charge on any atom is -0.337 e. The Morgan fingerprint density at radius 3 is 3.10 bits per heavy atom. The summed E-state index contributed by atoms with van der Waals surface area (Å²) in [4.78, 5) is 9.72. The fraction of sp³-hybridized carbons (Fsp3) is 0.250. The zero-order valence-corrected chi connectivity index (χ0v) is 5.76. The van der Waals surface area contributed by atoms with E-state index in [4.69, 9.17) is 9.78 Å². The zero-order chi connectivity index (χ0) is 6.97. The van der Waals surface area contributed by atoms with Crippen molar-refractivity contribution in [2.45, 2.75) is 13.5 Å². The number of hydrogen-bond acceptors (Lipinski definition) is 2.